The molecule has 10 nitrogen and oxygen atoms in total. The number of nitrogens with zero attached hydrogens (tertiary/aromatic N) is 4. The molecule has 0 aliphatic carbocycles. The maximum absolute atomic E-state index is 12.3. The Morgan fingerprint density at radius 2 is 1.89 bits per heavy atom. The van der Waals surface area contributed by atoms with Crippen LogP contribution in [0.3, 0.4) is 0 Å². The molecule has 0 atom stereocenters. The molecule has 0 aliphatic rings. The summed E-state index contributed by atoms with van der Waals surface area (Å²) in [6.07, 6.45) is 6.69. The van der Waals surface area contributed by atoms with Gasteiger partial charge in [-0.25, -0.2) is 9.67 Å². The number of carbonyl (C=O) groups is 1. The van der Waals surface area contributed by atoms with Gasteiger partial charge in [0, 0.05) is 29.6 Å². The second kappa shape index (κ2) is 10.2. The molecule has 0 radical (unpaired) electrons. The van der Waals surface area contributed by atoms with E-state index in [4.69, 9.17) is 21.7 Å². The molecule has 0 unspecified atom stereocenters. The first-order chi connectivity index (χ1) is 17.1. The molecule has 3 heterocycles. The summed E-state index contributed by atoms with van der Waals surface area (Å²) < 4.78 is 1.69. The molecule has 0 fully saturated rings. The summed E-state index contributed by atoms with van der Waals surface area (Å²) >= 11 is 0. The fraction of sp³-hybridized carbons (Fsp3) is 0.0400. The minimum absolute atomic E-state index is 0.238. The zero-order valence-electron chi connectivity index (χ0n) is 18.9. The quantitative estimate of drug-likeness (QED) is 0.195. The Kier molecular flexibility index (Phi) is 6.73. The van der Waals surface area contributed by atoms with Crippen molar-refractivity contribution in [1.82, 2.24) is 19.7 Å². The number of anilines is 3. The van der Waals surface area contributed by atoms with Gasteiger partial charge in [-0.3, -0.25) is 9.78 Å². The molecule has 4 rings (SSSR count). The Morgan fingerprint density at radius 3 is 2.57 bits per heavy atom. The zero-order valence-corrected chi connectivity index (χ0v) is 18.9. The Balaban J connectivity index is 1.67. The van der Waals surface area contributed by atoms with E-state index in [1.165, 1.54) is 6.20 Å². The van der Waals surface area contributed by atoms with Gasteiger partial charge in [0.1, 0.15) is 5.82 Å². The Labute approximate surface area is 201 Å². The monoisotopic (exact) mass is 465 g/mol. The number of fused-ring (bicyclic) bond motifs is 1. The Hall–Kier alpha value is -5.12. The molecule has 0 bridgehead atoms. The van der Waals surface area contributed by atoms with Gasteiger partial charge in [-0.05, 0) is 43.3 Å². The van der Waals surface area contributed by atoms with Crippen molar-refractivity contribution in [2.75, 3.05) is 10.6 Å². The second-order valence-electron chi connectivity index (χ2n) is 7.32. The molecule has 10 heteroatoms. The maximum atomic E-state index is 12.3. The molecule has 35 heavy (non-hydrogen) atoms. The molecule has 1 amide bonds. The van der Waals surface area contributed by atoms with Crippen molar-refractivity contribution in [2.45, 2.75) is 6.92 Å². The third-order valence-corrected chi connectivity index (χ3v) is 5.17. The lowest BCUT2D eigenvalue weighted by atomic mass is 10.2. The van der Waals surface area contributed by atoms with Crippen molar-refractivity contribution >= 4 is 52.1 Å². The van der Waals surface area contributed by atoms with E-state index in [9.17, 15) is 4.79 Å². The van der Waals surface area contributed by atoms with E-state index in [1.807, 2.05) is 30.3 Å². The summed E-state index contributed by atoms with van der Waals surface area (Å²) in [4.78, 5) is 21.2. The number of rotatable bonds is 8. The van der Waals surface area contributed by atoms with Crippen molar-refractivity contribution in [3.8, 4) is 5.82 Å². The fourth-order valence-electron chi connectivity index (χ4n) is 3.40. The van der Waals surface area contributed by atoms with Gasteiger partial charge in [-0.15, -0.1) is 5.10 Å². The second-order valence-corrected chi connectivity index (χ2v) is 7.32. The van der Waals surface area contributed by atoms with Crippen molar-refractivity contribution in [3.05, 3.63) is 84.3 Å². The lowest BCUT2D eigenvalue weighted by molar-refractivity contribution is -0.112. The lowest BCUT2D eigenvalue weighted by Gasteiger charge is -2.07. The molecule has 4 aromatic rings. The summed E-state index contributed by atoms with van der Waals surface area (Å²) in [5.74, 6) is 1.05. The summed E-state index contributed by atoms with van der Waals surface area (Å²) in [5, 5.41) is 26.4. The van der Waals surface area contributed by atoms with Crippen LogP contribution in [0.2, 0.25) is 0 Å². The number of nitrogens with two attached hydrogens (primary N) is 1. The van der Waals surface area contributed by atoms with Crippen molar-refractivity contribution in [2.24, 2.45) is 5.73 Å². The minimum Gasteiger partial charge on any atom is -0.404 e. The summed E-state index contributed by atoms with van der Waals surface area (Å²) in [6.45, 7) is 1.69. The number of benzene rings is 1. The van der Waals surface area contributed by atoms with Gasteiger partial charge in [0.25, 0.3) is 5.91 Å². The largest absolute Gasteiger partial charge is 0.404 e. The fourth-order valence-corrected chi connectivity index (χ4v) is 3.40. The first kappa shape index (κ1) is 23.1. The van der Waals surface area contributed by atoms with Crippen LogP contribution in [0.5, 0.6) is 0 Å². The highest BCUT2D eigenvalue weighted by molar-refractivity contribution is 6.16. The number of hydrogen-bond acceptors (Lipinski definition) is 8. The van der Waals surface area contributed by atoms with E-state index in [2.05, 4.69) is 20.6 Å². The zero-order chi connectivity index (χ0) is 24.8. The number of hydrogen-bond donors (Lipinski definition) is 5. The number of amides is 1. The molecule has 174 valence electrons. The van der Waals surface area contributed by atoms with Crippen LogP contribution in [0, 0.1) is 10.8 Å². The molecular formula is C25H23N9O. The third kappa shape index (κ3) is 4.81. The van der Waals surface area contributed by atoms with E-state index < -0.39 is 5.91 Å². The van der Waals surface area contributed by atoms with Crippen LogP contribution in [0.15, 0.2) is 78.6 Å². The topological polar surface area (TPSA) is 158 Å². The summed E-state index contributed by atoms with van der Waals surface area (Å²) in [5.41, 5.74) is 8.43. The highest BCUT2D eigenvalue weighted by atomic mass is 16.1. The van der Waals surface area contributed by atoms with E-state index in [-0.39, 0.29) is 5.57 Å². The van der Waals surface area contributed by atoms with Gasteiger partial charge in [0.05, 0.1) is 28.7 Å². The highest BCUT2D eigenvalue weighted by Gasteiger charge is 2.14. The standard InChI is InChI=1S/C25H23N9O/c1-2-16(12-26)25(35)32-22-8-5-9-23(31-22)34-21-7-4-3-6-19(21)24(33-34)30-18-10-11-20(29-15-18)17(13-27)14-28/h2-15,26-27H,28H2,1H3,(H,30,33)(H,31,32,35)/b16-2+,17-14?,26-12?,27-13?. The number of aromatic nitrogens is 4. The smallest absolute Gasteiger partial charge is 0.258 e. The van der Waals surface area contributed by atoms with Gasteiger partial charge in [-0.2, -0.15) is 0 Å². The molecule has 1 aromatic carbocycles. The number of carbonyl (C=O) groups excluding carboxylic acids is 1. The van der Waals surface area contributed by atoms with Gasteiger partial charge in [0.15, 0.2) is 11.6 Å². The predicted molar refractivity (Wildman–Crippen MR) is 139 cm³/mol. The van der Waals surface area contributed by atoms with Crippen LogP contribution in [-0.4, -0.2) is 38.1 Å². The highest BCUT2D eigenvalue weighted by Crippen LogP contribution is 2.28. The van der Waals surface area contributed by atoms with Gasteiger partial charge >= 0.3 is 0 Å². The van der Waals surface area contributed by atoms with Gasteiger partial charge < -0.3 is 27.2 Å². The van der Waals surface area contributed by atoms with Crippen LogP contribution in [-0.2, 0) is 4.79 Å². The van der Waals surface area contributed by atoms with Crippen LogP contribution < -0.4 is 16.4 Å². The number of nitrogens with one attached hydrogen (secondary N) is 4. The Morgan fingerprint density at radius 1 is 1.06 bits per heavy atom. The number of pyridine rings is 2. The molecule has 0 saturated carbocycles. The van der Waals surface area contributed by atoms with Crippen LogP contribution >= 0.6 is 0 Å². The SMILES string of the molecule is C/C=C(\C=N)C(=O)Nc1cccc(-n2nc(Nc3ccc(C(C=N)=CN)nc3)c3ccccc32)n1. The first-order valence-corrected chi connectivity index (χ1v) is 10.7. The van der Waals surface area contributed by atoms with Crippen molar-refractivity contribution in [3.63, 3.8) is 0 Å². The van der Waals surface area contributed by atoms with E-state index in [0.29, 0.717) is 34.4 Å². The molecule has 3 aromatic heterocycles. The third-order valence-electron chi connectivity index (χ3n) is 5.17. The van der Waals surface area contributed by atoms with Crippen LogP contribution in [0.1, 0.15) is 12.6 Å². The van der Waals surface area contributed by atoms with Crippen LogP contribution in [0.4, 0.5) is 17.3 Å². The average Bonchev–Trinajstić information content (AvgIpc) is 3.25. The molecule has 0 spiro atoms. The van der Waals surface area contributed by atoms with Crippen molar-refractivity contribution in [1.29, 1.82) is 10.8 Å². The molecule has 0 aliphatic heterocycles. The normalized spacial score (nSPS) is 11.8. The minimum atomic E-state index is -0.411. The predicted octanol–water partition coefficient (Wildman–Crippen LogP) is 4.04. The summed E-state index contributed by atoms with van der Waals surface area (Å²) in [7, 11) is 0. The van der Waals surface area contributed by atoms with E-state index >= 15 is 0 Å². The molecule has 0 saturated heterocycles. The lowest BCUT2D eigenvalue weighted by Crippen LogP contribution is -2.16. The molecule has 6 N–H and O–H groups in total. The number of allylic oxidation sites excluding steroid dienone is 2. The van der Waals surface area contributed by atoms with E-state index in [0.717, 1.165) is 23.3 Å². The maximum Gasteiger partial charge on any atom is 0.258 e. The first-order valence-electron chi connectivity index (χ1n) is 10.7. The average molecular weight is 466 g/mol. The molecular weight excluding hydrogens is 442 g/mol. The summed E-state index contributed by atoms with van der Waals surface area (Å²) in [6, 6.07) is 16.5. The van der Waals surface area contributed by atoms with Gasteiger partial charge in [0.2, 0.25) is 0 Å². The van der Waals surface area contributed by atoms with Crippen LogP contribution in [0.25, 0.3) is 22.3 Å². The number of para-hydroxylation sites is 1. The van der Waals surface area contributed by atoms with Gasteiger partial charge in [-0.1, -0.05) is 24.3 Å². The van der Waals surface area contributed by atoms with E-state index in [1.54, 1.807) is 48.1 Å². The Bertz CT molecular complexity index is 1470. The van der Waals surface area contributed by atoms with Crippen molar-refractivity contribution < 1.29 is 4.79 Å².